The molecule has 4 aromatic rings. The molecule has 0 saturated carbocycles. The Bertz CT molecular complexity index is 1560. The molecule has 1 aliphatic rings. The number of halogens is 2. The summed E-state index contributed by atoms with van der Waals surface area (Å²) in [7, 11) is -4.37. The molecule has 12 heteroatoms. The molecule has 3 N–H and O–H groups in total. The minimum Gasteiger partial charge on any atom is -0.356 e. The van der Waals surface area contributed by atoms with E-state index in [2.05, 4.69) is 10.3 Å². The molecule has 196 valence electrons. The summed E-state index contributed by atoms with van der Waals surface area (Å²) in [4.78, 5) is 9.50. The van der Waals surface area contributed by atoms with Crippen molar-refractivity contribution in [2.24, 2.45) is 4.99 Å². The highest BCUT2D eigenvalue weighted by Crippen LogP contribution is 2.34. The van der Waals surface area contributed by atoms with Crippen molar-refractivity contribution in [1.82, 2.24) is 10.3 Å². The first-order chi connectivity index (χ1) is 18.2. The zero-order valence-electron chi connectivity index (χ0n) is 19.7. The van der Waals surface area contributed by atoms with Crippen molar-refractivity contribution in [1.29, 1.82) is 0 Å². The number of thioether (sulfide) groups is 1. The maximum Gasteiger partial charge on any atom is 0.357 e. The predicted octanol–water partition coefficient (Wildman–Crippen LogP) is 6.02. The molecule has 1 aromatic heterocycles. The van der Waals surface area contributed by atoms with E-state index in [1.54, 1.807) is 24.3 Å². The third-order valence-corrected chi connectivity index (χ3v) is 8.19. The van der Waals surface area contributed by atoms with Gasteiger partial charge in [0, 0.05) is 28.3 Å². The van der Waals surface area contributed by atoms with Crippen LogP contribution in [0.15, 0.2) is 83.2 Å². The number of nitrogens with one attached hydrogen (secondary N) is 2. The molecule has 5 rings (SSSR count). The number of thiazole rings is 1. The van der Waals surface area contributed by atoms with Crippen LogP contribution in [-0.2, 0) is 16.7 Å². The van der Waals surface area contributed by atoms with Crippen molar-refractivity contribution in [3.8, 4) is 10.6 Å². The van der Waals surface area contributed by atoms with E-state index in [1.807, 2.05) is 40.4 Å². The first-order valence-corrected chi connectivity index (χ1v) is 14.8. The van der Waals surface area contributed by atoms with Crippen molar-refractivity contribution in [3.05, 3.63) is 107 Å². The Kier molecular flexibility index (Phi) is 7.75. The second kappa shape index (κ2) is 11.2. The lowest BCUT2D eigenvalue weighted by atomic mass is 10.0. The first kappa shape index (κ1) is 26.3. The Hall–Kier alpha value is -3.32. The molecule has 7 nitrogen and oxygen atoms in total. The highest BCUT2D eigenvalue weighted by Gasteiger charge is 2.26. The molecule has 0 fully saturated rings. The molecular weight excluding hydrogens is 551 g/mol. The van der Waals surface area contributed by atoms with Crippen LogP contribution in [0.2, 0.25) is 0 Å². The minimum absolute atomic E-state index is 0.237. The highest BCUT2D eigenvalue weighted by atomic mass is 32.2. The van der Waals surface area contributed by atoms with Gasteiger partial charge in [0.15, 0.2) is 5.17 Å². The molecule has 3 aromatic carbocycles. The second-order valence-corrected chi connectivity index (χ2v) is 11.6. The SMILES string of the molecule is O=S(=O)(O)Nc1ccc(C[C@H](NC2=NC(c3ccc(F)cc3F)CS2)c2csc(-c3ccccc3)n2)cc1. The third-order valence-electron chi connectivity index (χ3n) is 5.81. The topological polar surface area (TPSA) is 104 Å². The number of hydrogen-bond donors (Lipinski definition) is 3. The van der Waals surface area contributed by atoms with Crippen LogP contribution in [-0.4, -0.2) is 28.9 Å². The first-order valence-electron chi connectivity index (χ1n) is 11.5. The third kappa shape index (κ3) is 6.57. The van der Waals surface area contributed by atoms with Crippen molar-refractivity contribution >= 4 is 44.3 Å². The van der Waals surface area contributed by atoms with Crippen molar-refractivity contribution in [2.45, 2.75) is 18.5 Å². The zero-order chi connectivity index (χ0) is 26.7. The summed E-state index contributed by atoms with van der Waals surface area (Å²) < 4.78 is 60.9. The molecule has 1 unspecified atom stereocenters. The van der Waals surface area contributed by atoms with E-state index < -0.39 is 28.0 Å². The Morgan fingerprint density at radius 2 is 1.82 bits per heavy atom. The number of amidine groups is 1. The van der Waals surface area contributed by atoms with Gasteiger partial charge in [0.2, 0.25) is 0 Å². The van der Waals surface area contributed by atoms with E-state index in [0.717, 1.165) is 27.9 Å². The van der Waals surface area contributed by atoms with Crippen molar-refractivity contribution in [3.63, 3.8) is 0 Å². The molecule has 0 saturated heterocycles. The monoisotopic (exact) mass is 572 g/mol. The molecule has 0 aliphatic carbocycles. The summed E-state index contributed by atoms with van der Waals surface area (Å²) in [6.45, 7) is 0. The predicted molar refractivity (Wildman–Crippen MR) is 148 cm³/mol. The van der Waals surface area contributed by atoms with Gasteiger partial charge in [0.25, 0.3) is 0 Å². The lowest BCUT2D eigenvalue weighted by Crippen LogP contribution is -2.27. The lowest BCUT2D eigenvalue weighted by molar-refractivity contribution is 0.489. The van der Waals surface area contributed by atoms with Crippen LogP contribution in [0.25, 0.3) is 10.6 Å². The molecule has 38 heavy (non-hydrogen) atoms. The number of anilines is 1. The van der Waals surface area contributed by atoms with Gasteiger partial charge >= 0.3 is 10.3 Å². The van der Waals surface area contributed by atoms with E-state index in [-0.39, 0.29) is 11.7 Å². The quantitative estimate of drug-likeness (QED) is 0.223. The lowest BCUT2D eigenvalue weighted by Gasteiger charge is -2.18. The highest BCUT2D eigenvalue weighted by molar-refractivity contribution is 8.14. The van der Waals surface area contributed by atoms with Crippen LogP contribution < -0.4 is 10.0 Å². The second-order valence-electron chi connectivity index (χ2n) is 8.55. The summed E-state index contributed by atoms with van der Waals surface area (Å²) in [5, 5.41) is 6.91. The standard InChI is InChI=1S/C26H22F2N4O3S3/c27-18-8-11-20(21(28)13-18)23-14-37-26(31-23)30-22(12-16-6-9-19(10-7-16)32-38(33,34)35)24-15-36-25(29-24)17-4-2-1-3-5-17/h1-11,13,15,22-23,32H,12,14H2,(H,30,31)(H,33,34,35)/t22-,23?/m0/s1. The number of aliphatic imine (C=N–C) groups is 1. The fourth-order valence-corrected chi connectivity index (χ4v) is 6.33. The van der Waals surface area contributed by atoms with Gasteiger partial charge in [-0.15, -0.1) is 11.3 Å². The molecule has 2 heterocycles. The van der Waals surface area contributed by atoms with Gasteiger partial charge in [0.05, 0.1) is 23.5 Å². The molecule has 2 atom stereocenters. The number of nitrogens with zero attached hydrogens (tertiary/aromatic N) is 2. The van der Waals surface area contributed by atoms with Gasteiger partial charge in [0.1, 0.15) is 16.6 Å². The number of aromatic nitrogens is 1. The van der Waals surface area contributed by atoms with E-state index in [0.29, 0.717) is 22.9 Å². The van der Waals surface area contributed by atoms with Crippen LogP contribution in [0.4, 0.5) is 14.5 Å². The summed E-state index contributed by atoms with van der Waals surface area (Å²) in [5.74, 6) is -0.738. The molecule has 0 bridgehead atoms. The van der Waals surface area contributed by atoms with Crippen LogP contribution in [0.3, 0.4) is 0 Å². The van der Waals surface area contributed by atoms with E-state index in [9.17, 15) is 17.2 Å². The summed E-state index contributed by atoms with van der Waals surface area (Å²) in [5.41, 5.74) is 3.27. The zero-order valence-corrected chi connectivity index (χ0v) is 22.2. The van der Waals surface area contributed by atoms with Crippen molar-refractivity contribution in [2.75, 3.05) is 10.5 Å². The molecule has 0 radical (unpaired) electrons. The van der Waals surface area contributed by atoms with Crippen LogP contribution in [0, 0.1) is 11.6 Å². The van der Waals surface area contributed by atoms with Crippen LogP contribution in [0.5, 0.6) is 0 Å². The van der Waals surface area contributed by atoms with Crippen LogP contribution in [0.1, 0.15) is 28.9 Å². The fraction of sp³-hybridized carbons (Fsp3) is 0.154. The van der Waals surface area contributed by atoms with E-state index >= 15 is 0 Å². The average Bonchev–Trinajstić information content (AvgIpc) is 3.55. The van der Waals surface area contributed by atoms with E-state index in [1.165, 1.54) is 35.2 Å². The van der Waals surface area contributed by atoms with Gasteiger partial charge in [-0.1, -0.05) is 60.3 Å². The minimum atomic E-state index is -4.37. The molecule has 0 amide bonds. The van der Waals surface area contributed by atoms with Gasteiger partial charge in [-0.2, -0.15) is 8.42 Å². The molecular formula is C26H22F2N4O3S3. The number of hydrogen-bond acceptors (Lipinski definition) is 7. The number of benzene rings is 3. The Balaban J connectivity index is 1.40. The normalized spacial score (nSPS) is 16.2. The largest absolute Gasteiger partial charge is 0.357 e. The van der Waals surface area contributed by atoms with Gasteiger partial charge in [-0.05, 0) is 30.2 Å². The van der Waals surface area contributed by atoms with E-state index in [4.69, 9.17) is 9.54 Å². The summed E-state index contributed by atoms with van der Waals surface area (Å²) in [6.07, 6.45) is 0.499. The maximum atomic E-state index is 14.3. The summed E-state index contributed by atoms with van der Waals surface area (Å²) >= 11 is 2.97. The maximum absolute atomic E-state index is 14.3. The van der Waals surface area contributed by atoms with Gasteiger partial charge < -0.3 is 5.32 Å². The summed E-state index contributed by atoms with van der Waals surface area (Å²) in [6, 6.07) is 19.3. The Morgan fingerprint density at radius 3 is 2.53 bits per heavy atom. The molecule has 0 spiro atoms. The average molecular weight is 573 g/mol. The van der Waals surface area contributed by atoms with Gasteiger partial charge in [-0.3, -0.25) is 14.3 Å². The smallest absolute Gasteiger partial charge is 0.356 e. The Labute approximate surface area is 226 Å². The van der Waals surface area contributed by atoms with Crippen LogP contribution >= 0.6 is 23.1 Å². The van der Waals surface area contributed by atoms with Crippen molar-refractivity contribution < 1.29 is 21.8 Å². The van der Waals surface area contributed by atoms with Gasteiger partial charge in [-0.25, -0.2) is 13.8 Å². The number of rotatable bonds is 8. The fourth-order valence-electron chi connectivity index (χ4n) is 4.02. The Morgan fingerprint density at radius 1 is 1.05 bits per heavy atom. The molecule has 1 aliphatic heterocycles.